The Kier molecular flexibility index (Phi) is 4.04. The third-order valence-corrected chi connectivity index (χ3v) is 5.36. The lowest BCUT2D eigenvalue weighted by Gasteiger charge is -2.43. The Balaban J connectivity index is 2.56. The van der Waals surface area contributed by atoms with E-state index in [1.54, 1.807) is 11.1 Å². The molecule has 1 atom stereocenters. The van der Waals surface area contributed by atoms with Crippen molar-refractivity contribution in [3.05, 3.63) is 34.9 Å². The van der Waals surface area contributed by atoms with Gasteiger partial charge in [0, 0.05) is 6.04 Å². The molecular weight excluding hydrogens is 254 g/mol. The normalized spacial score (nSPS) is 21.7. The molecule has 0 saturated carbocycles. The van der Waals surface area contributed by atoms with Crippen molar-refractivity contribution in [2.75, 3.05) is 7.05 Å². The van der Waals surface area contributed by atoms with Gasteiger partial charge >= 0.3 is 0 Å². The lowest BCUT2D eigenvalue weighted by Crippen LogP contribution is -2.35. The molecule has 1 heteroatoms. The first-order valence-corrected chi connectivity index (χ1v) is 8.31. The highest BCUT2D eigenvalue weighted by Crippen LogP contribution is 2.47. The van der Waals surface area contributed by atoms with Gasteiger partial charge in [-0.15, -0.1) is 0 Å². The van der Waals surface area contributed by atoms with Crippen LogP contribution in [0.5, 0.6) is 0 Å². The molecule has 1 aromatic rings. The first-order valence-electron chi connectivity index (χ1n) is 8.31. The Morgan fingerprint density at radius 2 is 1.48 bits per heavy atom. The van der Waals surface area contributed by atoms with Crippen molar-refractivity contribution in [1.29, 1.82) is 0 Å². The molecule has 0 aliphatic heterocycles. The fourth-order valence-electron chi connectivity index (χ4n) is 3.89. The van der Waals surface area contributed by atoms with E-state index < -0.39 is 0 Å². The van der Waals surface area contributed by atoms with Gasteiger partial charge in [-0.3, -0.25) is 0 Å². The molecular formula is C20H33N. The second-order valence-corrected chi connectivity index (χ2v) is 9.16. The van der Waals surface area contributed by atoms with E-state index >= 15 is 0 Å². The summed E-state index contributed by atoms with van der Waals surface area (Å²) in [5.74, 6) is 0. The Bertz CT molecular complexity index is 517. The third-order valence-electron chi connectivity index (χ3n) is 5.36. The molecule has 0 saturated heterocycles. The summed E-state index contributed by atoms with van der Waals surface area (Å²) in [5.41, 5.74) is 5.34. The number of nitrogens with one attached hydrogen (secondary N) is 1. The highest BCUT2D eigenvalue weighted by atomic mass is 14.9. The molecule has 2 rings (SSSR count). The van der Waals surface area contributed by atoms with Crippen molar-refractivity contribution < 1.29 is 0 Å². The lowest BCUT2D eigenvalue weighted by atomic mass is 9.62. The van der Waals surface area contributed by atoms with E-state index in [4.69, 9.17) is 0 Å². The minimum Gasteiger partial charge on any atom is -0.313 e. The molecule has 0 amide bonds. The van der Waals surface area contributed by atoms with Gasteiger partial charge in [0.1, 0.15) is 0 Å². The van der Waals surface area contributed by atoms with E-state index in [1.165, 1.54) is 18.4 Å². The zero-order valence-electron chi connectivity index (χ0n) is 15.2. The molecule has 0 spiro atoms. The Morgan fingerprint density at radius 1 is 0.952 bits per heavy atom. The number of hydrogen-bond donors (Lipinski definition) is 1. The zero-order chi connectivity index (χ0) is 16.1. The van der Waals surface area contributed by atoms with Gasteiger partial charge in [-0.05, 0) is 52.8 Å². The molecule has 1 nitrogen and oxygen atoms in total. The van der Waals surface area contributed by atoms with Crippen molar-refractivity contribution in [3.63, 3.8) is 0 Å². The quantitative estimate of drug-likeness (QED) is 0.774. The van der Waals surface area contributed by atoms with Gasteiger partial charge in [0.15, 0.2) is 0 Å². The van der Waals surface area contributed by atoms with Crippen LogP contribution in [0.4, 0.5) is 0 Å². The van der Waals surface area contributed by atoms with Crippen LogP contribution < -0.4 is 5.32 Å². The second-order valence-electron chi connectivity index (χ2n) is 9.16. The van der Waals surface area contributed by atoms with Crippen LogP contribution in [0.15, 0.2) is 18.2 Å². The maximum Gasteiger partial charge on any atom is 0.0366 e. The Hall–Kier alpha value is -0.820. The molecule has 1 aromatic carbocycles. The summed E-state index contributed by atoms with van der Waals surface area (Å²) in [5, 5.41) is 3.51. The van der Waals surface area contributed by atoms with Crippen LogP contribution in [-0.2, 0) is 10.8 Å². The van der Waals surface area contributed by atoms with E-state index in [0.717, 1.165) is 0 Å². The maximum atomic E-state index is 3.51. The fraction of sp³-hybridized carbons (Fsp3) is 0.700. The number of benzene rings is 1. The molecule has 0 aromatic heterocycles. The van der Waals surface area contributed by atoms with Gasteiger partial charge in [0.25, 0.3) is 0 Å². The van der Waals surface area contributed by atoms with Crippen molar-refractivity contribution >= 4 is 0 Å². The molecule has 1 aliphatic rings. The molecule has 1 aliphatic carbocycles. The van der Waals surface area contributed by atoms with E-state index in [0.29, 0.717) is 11.5 Å². The number of hydrogen-bond acceptors (Lipinski definition) is 1. The predicted molar refractivity (Wildman–Crippen MR) is 93.0 cm³/mol. The largest absolute Gasteiger partial charge is 0.313 e. The monoisotopic (exact) mass is 287 g/mol. The first kappa shape index (κ1) is 16.5. The Labute approximate surface area is 131 Å². The molecule has 0 bridgehead atoms. The minimum atomic E-state index is 0.220. The molecule has 21 heavy (non-hydrogen) atoms. The molecule has 1 N–H and O–H groups in total. The van der Waals surface area contributed by atoms with Crippen molar-refractivity contribution in [1.82, 2.24) is 5.32 Å². The standard InChI is InChI=1S/C20H33N/c1-18(2,3)17(21-8)14-9-10-15-16(13-14)20(6,7)12-11-19(15,4)5/h9-10,13,17,21H,11-12H2,1-8H3. The number of fused-ring (bicyclic) bond motifs is 1. The van der Waals surface area contributed by atoms with Crippen LogP contribution in [0.3, 0.4) is 0 Å². The van der Waals surface area contributed by atoms with E-state index in [2.05, 4.69) is 79.0 Å². The highest BCUT2D eigenvalue weighted by Gasteiger charge is 2.37. The highest BCUT2D eigenvalue weighted by molar-refractivity contribution is 5.44. The molecule has 1 unspecified atom stereocenters. The summed E-state index contributed by atoms with van der Waals surface area (Å²) < 4.78 is 0. The molecule has 0 radical (unpaired) electrons. The topological polar surface area (TPSA) is 12.0 Å². The minimum absolute atomic E-state index is 0.220. The maximum absolute atomic E-state index is 3.51. The summed E-state index contributed by atoms with van der Waals surface area (Å²) in [4.78, 5) is 0. The van der Waals surface area contributed by atoms with Gasteiger partial charge in [0.2, 0.25) is 0 Å². The van der Waals surface area contributed by atoms with Gasteiger partial charge in [0.05, 0.1) is 0 Å². The van der Waals surface area contributed by atoms with E-state index in [1.807, 2.05) is 0 Å². The molecule has 0 fully saturated rings. The summed E-state index contributed by atoms with van der Waals surface area (Å²) >= 11 is 0. The van der Waals surface area contributed by atoms with Crippen LogP contribution in [0.1, 0.15) is 84.0 Å². The molecule has 0 heterocycles. The SMILES string of the molecule is CNC(c1ccc2c(c1)C(C)(C)CCC2(C)C)C(C)(C)C. The van der Waals surface area contributed by atoms with E-state index in [-0.39, 0.29) is 10.8 Å². The number of rotatable bonds is 2. The van der Waals surface area contributed by atoms with E-state index in [9.17, 15) is 0 Å². The van der Waals surface area contributed by atoms with Crippen molar-refractivity contribution in [2.45, 2.75) is 78.2 Å². The summed E-state index contributed by atoms with van der Waals surface area (Å²) in [6.45, 7) is 16.5. The van der Waals surface area contributed by atoms with Gasteiger partial charge < -0.3 is 5.32 Å². The average molecular weight is 287 g/mol. The fourth-order valence-corrected chi connectivity index (χ4v) is 3.89. The third kappa shape index (κ3) is 3.04. The van der Waals surface area contributed by atoms with Gasteiger partial charge in [-0.1, -0.05) is 66.7 Å². The van der Waals surface area contributed by atoms with Crippen molar-refractivity contribution in [3.8, 4) is 0 Å². The smallest absolute Gasteiger partial charge is 0.0366 e. The predicted octanol–water partition coefficient (Wildman–Crippen LogP) is 5.34. The zero-order valence-corrected chi connectivity index (χ0v) is 15.2. The average Bonchev–Trinajstić information content (AvgIpc) is 2.34. The summed E-state index contributed by atoms with van der Waals surface area (Å²) in [6.07, 6.45) is 2.55. The van der Waals surface area contributed by atoms with Crippen LogP contribution in [0.2, 0.25) is 0 Å². The summed E-state index contributed by atoms with van der Waals surface area (Å²) in [6, 6.07) is 7.60. The first-order chi connectivity index (χ1) is 9.49. The van der Waals surface area contributed by atoms with Gasteiger partial charge in [-0.25, -0.2) is 0 Å². The van der Waals surface area contributed by atoms with Crippen LogP contribution in [-0.4, -0.2) is 7.05 Å². The molecule has 118 valence electrons. The van der Waals surface area contributed by atoms with Crippen LogP contribution >= 0.6 is 0 Å². The lowest BCUT2D eigenvalue weighted by molar-refractivity contribution is 0.285. The van der Waals surface area contributed by atoms with Crippen molar-refractivity contribution in [2.24, 2.45) is 5.41 Å². The van der Waals surface area contributed by atoms with Crippen LogP contribution in [0.25, 0.3) is 0 Å². The Morgan fingerprint density at radius 3 is 1.95 bits per heavy atom. The van der Waals surface area contributed by atoms with Gasteiger partial charge in [-0.2, -0.15) is 0 Å². The second kappa shape index (κ2) is 5.12. The van der Waals surface area contributed by atoms with Crippen LogP contribution in [0, 0.1) is 5.41 Å². The summed E-state index contributed by atoms with van der Waals surface area (Å²) in [7, 11) is 2.07.